The van der Waals surface area contributed by atoms with E-state index < -0.39 is 0 Å². The molecule has 0 bridgehead atoms. The number of hydrogen-bond donors (Lipinski definition) is 1. The van der Waals surface area contributed by atoms with Gasteiger partial charge in [-0.25, -0.2) is 0 Å². The number of rotatable bonds is 5. The van der Waals surface area contributed by atoms with Crippen LogP contribution in [0.5, 0.6) is 0 Å². The smallest absolute Gasteiger partial charge is 0.0442 e. The maximum atomic E-state index is 6.45. The number of nitrogens with one attached hydrogen (secondary N) is 1. The number of benzene rings is 3. The van der Waals surface area contributed by atoms with Crippen molar-refractivity contribution in [2.45, 2.75) is 34.1 Å². The molecular formula is C25H26ClN. The predicted molar refractivity (Wildman–Crippen MR) is 119 cm³/mol. The molecule has 0 heterocycles. The molecule has 0 aromatic heterocycles. The van der Waals surface area contributed by atoms with Crippen LogP contribution in [0.2, 0.25) is 5.02 Å². The van der Waals surface area contributed by atoms with Gasteiger partial charge >= 0.3 is 0 Å². The molecule has 0 fully saturated rings. The largest absolute Gasteiger partial charge is 0.356 e. The van der Waals surface area contributed by atoms with Gasteiger partial charge in [0.1, 0.15) is 0 Å². The van der Waals surface area contributed by atoms with E-state index in [1.165, 1.54) is 27.8 Å². The van der Waals surface area contributed by atoms with Crippen molar-refractivity contribution < 1.29 is 0 Å². The summed E-state index contributed by atoms with van der Waals surface area (Å²) >= 11 is 6.45. The highest BCUT2D eigenvalue weighted by Crippen LogP contribution is 2.27. The zero-order valence-corrected chi connectivity index (χ0v) is 17.2. The van der Waals surface area contributed by atoms with Gasteiger partial charge in [-0.3, -0.25) is 0 Å². The first kappa shape index (κ1) is 19.3. The lowest BCUT2D eigenvalue weighted by Crippen LogP contribution is -2.02. The van der Waals surface area contributed by atoms with Crippen LogP contribution >= 0.6 is 11.6 Å². The Morgan fingerprint density at radius 1 is 0.889 bits per heavy atom. The van der Waals surface area contributed by atoms with E-state index in [-0.39, 0.29) is 0 Å². The minimum Gasteiger partial charge on any atom is -0.356 e. The lowest BCUT2D eigenvalue weighted by Gasteiger charge is -2.16. The molecule has 0 spiro atoms. The summed E-state index contributed by atoms with van der Waals surface area (Å²) in [7, 11) is 0. The van der Waals surface area contributed by atoms with E-state index >= 15 is 0 Å². The highest BCUT2D eigenvalue weighted by molar-refractivity contribution is 6.31. The second-order valence-electron chi connectivity index (χ2n) is 7.33. The van der Waals surface area contributed by atoms with Crippen molar-refractivity contribution in [1.29, 1.82) is 0 Å². The lowest BCUT2D eigenvalue weighted by atomic mass is 9.98. The Morgan fingerprint density at radius 2 is 1.59 bits per heavy atom. The average molecular weight is 376 g/mol. The van der Waals surface area contributed by atoms with Gasteiger partial charge in [0, 0.05) is 22.0 Å². The SMILES string of the molecule is C=C(Nc1ccc(Cl)c(Cc2ccc(C)cc2)c1)c1cc(C)cc(C)c1C. The molecule has 0 atom stereocenters. The van der Waals surface area contributed by atoms with E-state index in [9.17, 15) is 0 Å². The Labute approximate surface area is 167 Å². The maximum absolute atomic E-state index is 6.45. The Morgan fingerprint density at radius 3 is 2.30 bits per heavy atom. The van der Waals surface area contributed by atoms with Gasteiger partial charge in [-0.1, -0.05) is 59.6 Å². The minimum atomic E-state index is 0.786. The Balaban J connectivity index is 1.84. The summed E-state index contributed by atoms with van der Waals surface area (Å²) < 4.78 is 0. The number of halogens is 1. The topological polar surface area (TPSA) is 12.0 Å². The van der Waals surface area contributed by atoms with Gasteiger partial charge in [0.2, 0.25) is 0 Å². The molecule has 0 unspecified atom stereocenters. The quantitative estimate of drug-likeness (QED) is 0.495. The van der Waals surface area contributed by atoms with Crippen LogP contribution in [0.25, 0.3) is 5.70 Å². The Kier molecular flexibility index (Phi) is 5.72. The van der Waals surface area contributed by atoms with Crippen LogP contribution in [0.3, 0.4) is 0 Å². The van der Waals surface area contributed by atoms with Gasteiger partial charge < -0.3 is 5.32 Å². The van der Waals surface area contributed by atoms with Crippen LogP contribution in [-0.4, -0.2) is 0 Å². The summed E-state index contributed by atoms with van der Waals surface area (Å²) in [6, 6.07) is 19.0. The van der Waals surface area contributed by atoms with Gasteiger partial charge in [-0.15, -0.1) is 0 Å². The lowest BCUT2D eigenvalue weighted by molar-refractivity contribution is 1.19. The molecule has 27 heavy (non-hydrogen) atoms. The molecule has 0 amide bonds. The third-order valence-electron chi connectivity index (χ3n) is 4.99. The minimum absolute atomic E-state index is 0.786. The van der Waals surface area contributed by atoms with Crippen molar-refractivity contribution in [1.82, 2.24) is 0 Å². The molecule has 0 aliphatic carbocycles. The molecule has 2 heteroatoms. The van der Waals surface area contributed by atoms with Crippen LogP contribution in [0.1, 0.15) is 38.9 Å². The first-order valence-corrected chi connectivity index (χ1v) is 9.59. The summed E-state index contributed by atoms with van der Waals surface area (Å²) in [5.74, 6) is 0. The van der Waals surface area contributed by atoms with E-state index in [2.05, 4.69) is 82.1 Å². The summed E-state index contributed by atoms with van der Waals surface area (Å²) in [4.78, 5) is 0. The van der Waals surface area contributed by atoms with Gasteiger partial charge in [0.05, 0.1) is 0 Å². The van der Waals surface area contributed by atoms with Crippen molar-refractivity contribution in [2.75, 3.05) is 5.32 Å². The van der Waals surface area contributed by atoms with Crippen molar-refractivity contribution in [3.8, 4) is 0 Å². The van der Waals surface area contributed by atoms with Crippen LogP contribution in [0.4, 0.5) is 5.69 Å². The molecule has 0 aliphatic rings. The summed E-state index contributed by atoms with van der Waals surface area (Å²) in [6.45, 7) is 12.8. The number of aryl methyl sites for hydroxylation is 3. The first-order valence-electron chi connectivity index (χ1n) is 9.21. The second kappa shape index (κ2) is 8.02. The molecule has 138 valence electrons. The Bertz CT molecular complexity index is 984. The fourth-order valence-electron chi connectivity index (χ4n) is 3.31. The van der Waals surface area contributed by atoms with Crippen molar-refractivity contribution in [3.05, 3.63) is 105 Å². The molecule has 0 aliphatic heterocycles. The molecule has 1 nitrogen and oxygen atoms in total. The highest BCUT2D eigenvalue weighted by Gasteiger charge is 2.09. The van der Waals surface area contributed by atoms with E-state index in [1.807, 2.05) is 12.1 Å². The Hall–Kier alpha value is -2.51. The predicted octanol–water partition coefficient (Wildman–Crippen LogP) is 7.25. The van der Waals surface area contributed by atoms with Crippen molar-refractivity contribution in [3.63, 3.8) is 0 Å². The van der Waals surface area contributed by atoms with Crippen LogP contribution in [-0.2, 0) is 6.42 Å². The van der Waals surface area contributed by atoms with Gasteiger partial charge in [-0.05, 0) is 80.6 Å². The van der Waals surface area contributed by atoms with Crippen LogP contribution < -0.4 is 5.32 Å². The van der Waals surface area contributed by atoms with Crippen molar-refractivity contribution >= 4 is 23.0 Å². The molecule has 3 aromatic rings. The zero-order chi connectivity index (χ0) is 19.6. The van der Waals surface area contributed by atoms with E-state index in [4.69, 9.17) is 11.6 Å². The van der Waals surface area contributed by atoms with E-state index in [1.54, 1.807) is 0 Å². The second-order valence-corrected chi connectivity index (χ2v) is 7.73. The fraction of sp³-hybridized carbons (Fsp3) is 0.200. The fourth-order valence-corrected chi connectivity index (χ4v) is 3.49. The van der Waals surface area contributed by atoms with Gasteiger partial charge in [-0.2, -0.15) is 0 Å². The molecule has 3 rings (SSSR count). The molecule has 3 aromatic carbocycles. The highest BCUT2D eigenvalue weighted by atomic mass is 35.5. The number of hydrogen-bond acceptors (Lipinski definition) is 1. The summed E-state index contributed by atoms with van der Waals surface area (Å²) in [6.07, 6.45) is 0.809. The average Bonchev–Trinajstić information content (AvgIpc) is 2.62. The molecule has 0 saturated carbocycles. The first-order chi connectivity index (χ1) is 12.8. The molecular weight excluding hydrogens is 350 g/mol. The molecule has 1 N–H and O–H groups in total. The standard InChI is InChI=1S/C25H26ClN/c1-16-6-8-21(9-7-16)14-22-15-23(10-11-25(22)26)27-20(5)24-13-17(2)12-18(3)19(24)4/h6-13,15,27H,5,14H2,1-4H3. The van der Waals surface area contributed by atoms with E-state index in [0.29, 0.717) is 0 Å². The van der Waals surface area contributed by atoms with Crippen molar-refractivity contribution in [2.24, 2.45) is 0 Å². The molecule has 0 saturated heterocycles. The van der Waals surface area contributed by atoms with E-state index in [0.717, 1.165) is 34.0 Å². The zero-order valence-electron chi connectivity index (χ0n) is 16.5. The summed E-state index contributed by atoms with van der Waals surface area (Å²) in [5, 5.41) is 4.25. The third-order valence-corrected chi connectivity index (χ3v) is 5.36. The maximum Gasteiger partial charge on any atom is 0.0442 e. The number of anilines is 1. The third kappa shape index (κ3) is 4.61. The summed E-state index contributed by atoms with van der Waals surface area (Å²) in [5.41, 5.74) is 10.5. The monoisotopic (exact) mass is 375 g/mol. The van der Waals surface area contributed by atoms with Gasteiger partial charge in [0.25, 0.3) is 0 Å². The normalized spacial score (nSPS) is 10.7. The van der Waals surface area contributed by atoms with Crippen LogP contribution in [0, 0.1) is 27.7 Å². The molecule has 0 radical (unpaired) electrons. The van der Waals surface area contributed by atoms with Crippen LogP contribution in [0.15, 0.2) is 61.2 Å². The van der Waals surface area contributed by atoms with Gasteiger partial charge in [0.15, 0.2) is 0 Å².